The molecule has 2 rings (SSSR count). The highest BCUT2D eigenvalue weighted by Crippen LogP contribution is 2.27. The molecule has 5 nitrogen and oxygen atoms in total. The van der Waals surface area contributed by atoms with Gasteiger partial charge in [0.05, 0.1) is 18.8 Å². The molecular weight excluding hydrogens is 220 g/mol. The van der Waals surface area contributed by atoms with E-state index in [1.807, 2.05) is 0 Å². The van der Waals surface area contributed by atoms with Gasteiger partial charge in [-0.05, 0) is 12.8 Å². The van der Waals surface area contributed by atoms with E-state index in [1.54, 1.807) is 0 Å². The molecule has 2 fully saturated rings. The van der Waals surface area contributed by atoms with Gasteiger partial charge in [0.15, 0.2) is 0 Å². The second kappa shape index (κ2) is 5.80. The zero-order valence-corrected chi connectivity index (χ0v) is 10.2. The van der Waals surface area contributed by atoms with Gasteiger partial charge in [0.2, 0.25) is 0 Å². The number of carbonyl (C=O) groups is 1. The van der Waals surface area contributed by atoms with Gasteiger partial charge in [-0.1, -0.05) is 19.3 Å². The van der Waals surface area contributed by atoms with E-state index in [9.17, 15) is 9.90 Å². The minimum Gasteiger partial charge on any atom is -0.394 e. The van der Waals surface area contributed by atoms with Crippen molar-refractivity contribution in [1.29, 1.82) is 0 Å². The predicted octanol–water partition coefficient (Wildman–Crippen LogP) is -0.214. The maximum atomic E-state index is 12.0. The predicted molar refractivity (Wildman–Crippen MR) is 63.7 cm³/mol. The Morgan fingerprint density at radius 3 is 2.76 bits per heavy atom. The van der Waals surface area contributed by atoms with E-state index in [-0.39, 0.29) is 12.5 Å². The molecule has 1 saturated heterocycles. The van der Waals surface area contributed by atoms with E-state index in [1.165, 1.54) is 6.42 Å². The van der Waals surface area contributed by atoms with Crippen LogP contribution in [0, 0.1) is 0 Å². The number of hydrogen-bond donors (Lipinski definition) is 3. The molecule has 1 saturated carbocycles. The van der Waals surface area contributed by atoms with Crippen LogP contribution in [-0.4, -0.2) is 49.0 Å². The smallest absolute Gasteiger partial charge is 0.250 e. The van der Waals surface area contributed by atoms with Gasteiger partial charge in [0.1, 0.15) is 6.10 Å². The molecule has 1 aliphatic carbocycles. The van der Waals surface area contributed by atoms with Crippen LogP contribution in [-0.2, 0) is 9.53 Å². The Labute approximate surface area is 102 Å². The van der Waals surface area contributed by atoms with Gasteiger partial charge in [0, 0.05) is 13.1 Å². The Kier molecular flexibility index (Phi) is 4.36. The highest BCUT2D eigenvalue weighted by molar-refractivity contribution is 5.82. The fourth-order valence-electron chi connectivity index (χ4n) is 2.63. The fourth-order valence-corrected chi connectivity index (χ4v) is 2.63. The summed E-state index contributed by atoms with van der Waals surface area (Å²) in [6, 6.07) is 0. The van der Waals surface area contributed by atoms with Gasteiger partial charge >= 0.3 is 0 Å². The van der Waals surface area contributed by atoms with Gasteiger partial charge < -0.3 is 20.5 Å². The molecule has 0 aromatic rings. The topological polar surface area (TPSA) is 70.6 Å². The lowest BCUT2D eigenvalue weighted by atomic mass is 9.82. The van der Waals surface area contributed by atoms with Crippen molar-refractivity contribution >= 4 is 5.91 Å². The summed E-state index contributed by atoms with van der Waals surface area (Å²) in [5.74, 6) is -0.0897. The number of amides is 1. The Morgan fingerprint density at radius 1 is 1.41 bits per heavy atom. The molecular formula is C12H22N2O3. The van der Waals surface area contributed by atoms with Crippen LogP contribution < -0.4 is 10.6 Å². The number of nitrogens with one attached hydrogen (secondary N) is 2. The number of aliphatic hydroxyl groups is 1. The highest BCUT2D eigenvalue weighted by atomic mass is 16.5. The van der Waals surface area contributed by atoms with E-state index in [0.29, 0.717) is 13.2 Å². The van der Waals surface area contributed by atoms with Gasteiger partial charge in [-0.15, -0.1) is 0 Å². The number of ether oxygens (including phenoxy) is 1. The normalized spacial score (nSPS) is 28.6. The third-order valence-corrected chi connectivity index (χ3v) is 3.72. The number of hydrogen-bond acceptors (Lipinski definition) is 4. The van der Waals surface area contributed by atoms with Crippen LogP contribution in [0.3, 0.4) is 0 Å². The molecule has 1 atom stereocenters. The van der Waals surface area contributed by atoms with E-state index in [2.05, 4.69) is 10.6 Å². The molecule has 98 valence electrons. The molecule has 2 aliphatic rings. The molecule has 0 bridgehead atoms. The lowest BCUT2D eigenvalue weighted by Gasteiger charge is -2.38. The molecule has 1 aliphatic heterocycles. The van der Waals surface area contributed by atoms with E-state index in [0.717, 1.165) is 32.2 Å². The lowest BCUT2D eigenvalue weighted by Crippen LogP contribution is -2.58. The first kappa shape index (κ1) is 12.8. The van der Waals surface area contributed by atoms with Crippen LogP contribution in [0.4, 0.5) is 0 Å². The quantitative estimate of drug-likeness (QED) is 0.640. The SMILES string of the molecule is O=C(NC1(CO)CCCCC1)C1CNCCO1. The summed E-state index contributed by atoms with van der Waals surface area (Å²) in [5, 5.41) is 15.7. The van der Waals surface area contributed by atoms with E-state index < -0.39 is 11.6 Å². The summed E-state index contributed by atoms with van der Waals surface area (Å²) in [7, 11) is 0. The van der Waals surface area contributed by atoms with Crippen LogP contribution in [0.5, 0.6) is 0 Å². The molecule has 1 amide bonds. The molecule has 0 aromatic heterocycles. The zero-order valence-electron chi connectivity index (χ0n) is 10.2. The Hall–Kier alpha value is -0.650. The zero-order chi connectivity index (χ0) is 12.1. The highest BCUT2D eigenvalue weighted by Gasteiger charge is 2.35. The number of aliphatic hydroxyl groups excluding tert-OH is 1. The largest absolute Gasteiger partial charge is 0.394 e. The van der Waals surface area contributed by atoms with Gasteiger partial charge in [-0.2, -0.15) is 0 Å². The maximum Gasteiger partial charge on any atom is 0.250 e. The number of rotatable bonds is 3. The molecule has 1 heterocycles. The number of morpholine rings is 1. The Morgan fingerprint density at radius 2 is 2.18 bits per heavy atom. The standard InChI is InChI=1S/C12H22N2O3/c15-9-12(4-2-1-3-5-12)14-11(16)10-8-13-6-7-17-10/h10,13,15H,1-9H2,(H,14,16). The Bertz CT molecular complexity index is 258. The lowest BCUT2D eigenvalue weighted by molar-refractivity contribution is -0.137. The van der Waals surface area contributed by atoms with Crippen molar-refractivity contribution in [3.63, 3.8) is 0 Å². The molecule has 17 heavy (non-hydrogen) atoms. The van der Waals surface area contributed by atoms with E-state index >= 15 is 0 Å². The molecule has 3 N–H and O–H groups in total. The van der Waals surface area contributed by atoms with Gasteiger partial charge in [0.25, 0.3) is 5.91 Å². The monoisotopic (exact) mass is 242 g/mol. The van der Waals surface area contributed by atoms with Gasteiger partial charge in [-0.25, -0.2) is 0 Å². The molecule has 0 spiro atoms. The third kappa shape index (κ3) is 3.18. The van der Waals surface area contributed by atoms with Crippen molar-refractivity contribution in [2.75, 3.05) is 26.3 Å². The second-order valence-electron chi connectivity index (χ2n) is 5.05. The summed E-state index contributed by atoms with van der Waals surface area (Å²) in [4.78, 5) is 12.0. The average Bonchev–Trinajstić information content (AvgIpc) is 2.41. The van der Waals surface area contributed by atoms with Gasteiger partial charge in [-0.3, -0.25) is 4.79 Å². The van der Waals surface area contributed by atoms with Crippen molar-refractivity contribution in [2.24, 2.45) is 0 Å². The molecule has 0 radical (unpaired) electrons. The summed E-state index contributed by atoms with van der Waals surface area (Å²) in [6.07, 6.45) is 4.67. The average molecular weight is 242 g/mol. The fraction of sp³-hybridized carbons (Fsp3) is 0.917. The summed E-state index contributed by atoms with van der Waals surface area (Å²) < 4.78 is 5.41. The summed E-state index contributed by atoms with van der Waals surface area (Å²) >= 11 is 0. The number of carbonyl (C=O) groups excluding carboxylic acids is 1. The third-order valence-electron chi connectivity index (χ3n) is 3.72. The van der Waals surface area contributed by atoms with E-state index in [4.69, 9.17) is 4.74 Å². The molecule has 1 unspecified atom stereocenters. The van der Waals surface area contributed by atoms with Crippen molar-refractivity contribution < 1.29 is 14.6 Å². The first-order valence-corrected chi connectivity index (χ1v) is 6.51. The van der Waals surface area contributed by atoms with Crippen LogP contribution >= 0.6 is 0 Å². The van der Waals surface area contributed by atoms with Crippen molar-refractivity contribution in [3.8, 4) is 0 Å². The van der Waals surface area contributed by atoms with Crippen molar-refractivity contribution in [2.45, 2.75) is 43.7 Å². The van der Waals surface area contributed by atoms with Crippen LogP contribution in [0.15, 0.2) is 0 Å². The molecule has 0 aromatic carbocycles. The first-order chi connectivity index (χ1) is 8.26. The maximum absolute atomic E-state index is 12.0. The van der Waals surface area contributed by atoms with Crippen LogP contribution in [0.25, 0.3) is 0 Å². The second-order valence-corrected chi connectivity index (χ2v) is 5.05. The molecule has 5 heteroatoms. The summed E-state index contributed by atoms with van der Waals surface area (Å²) in [5.41, 5.74) is -0.407. The van der Waals surface area contributed by atoms with Crippen molar-refractivity contribution in [3.05, 3.63) is 0 Å². The Balaban J connectivity index is 1.90. The summed E-state index contributed by atoms with van der Waals surface area (Å²) in [6.45, 7) is 1.96. The van der Waals surface area contributed by atoms with Crippen LogP contribution in [0.1, 0.15) is 32.1 Å². The van der Waals surface area contributed by atoms with Crippen molar-refractivity contribution in [1.82, 2.24) is 10.6 Å². The minimum atomic E-state index is -0.408. The minimum absolute atomic E-state index is 0.0267. The first-order valence-electron chi connectivity index (χ1n) is 6.51. The van der Waals surface area contributed by atoms with Crippen LogP contribution in [0.2, 0.25) is 0 Å².